The van der Waals surface area contributed by atoms with Crippen molar-refractivity contribution in [3.05, 3.63) is 29.3 Å². The minimum absolute atomic E-state index is 0.319. The topological polar surface area (TPSA) is 38.5 Å². The van der Waals surface area contributed by atoms with Crippen LogP contribution in [0.4, 0.5) is 0 Å². The average molecular weight is 274 g/mol. The zero-order chi connectivity index (χ0) is 14.1. The molecule has 3 atom stereocenters. The standard InChI is InChI=1S/C17H26N2O/c1-12-8-9-19(11-16(12)18)17-5-3-4-13-6-7-14(20-2)10-15(13)17/h6-7,10,12,16-17H,3-5,8-9,11,18H2,1-2H3. The Bertz CT molecular complexity index is 474. The Labute approximate surface area is 122 Å². The predicted molar refractivity (Wildman–Crippen MR) is 82.0 cm³/mol. The lowest BCUT2D eigenvalue weighted by atomic mass is 9.84. The lowest BCUT2D eigenvalue weighted by molar-refractivity contribution is 0.109. The van der Waals surface area contributed by atoms with Crippen molar-refractivity contribution in [1.29, 1.82) is 0 Å². The molecule has 2 aliphatic rings. The van der Waals surface area contributed by atoms with Crippen LogP contribution in [0.3, 0.4) is 0 Å². The van der Waals surface area contributed by atoms with Gasteiger partial charge in [0.05, 0.1) is 7.11 Å². The third kappa shape index (κ3) is 2.57. The average Bonchev–Trinajstić information content (AvgIpc) is 2.49. The van der Waals surface area contributed by atoms with Crippen LogP contribution in [0.2, 0.25) is 0 Å². The summed E-state index contributed by atoms with van der Waals surface area (Å²) in [5, 5.41) is 0. The van der Waals surface area contributed by atoms with Gasteiger partial charge in [-0.1, -0.05) is 13.0 Å². The molecule has 1 saturated heterocycles. The molecular formula is C17H26N2O. The van der Waals surface area contributed by atoms with Crippen molar-refractivity contribution in [2.75, 3.05) is 20.2 Å². The van der Waals surface area contributed by atoms with Crippen LogP contribution in [0.1, 0.15) is 43.4 Å². The summed E-state index contributed by atoms with van der Waals surface area (Å²) in [6, 6.07) is 7.42. The maximum absolute atomic E-state index is 6.29. The number of aryl methyl sites for hydroxylation is 1. The molecule has 0 spiro atoms. The molecule has 110 valence electrons. The molecular weight excluding hydrogens is 248 g/mol. The number of hydrogen-bond acceptors (Lipinski definition) is 3. The highest BCUT2D eigenvalue weighted by atomic mass is 16.5. The third-order valence-electron chi connectivity index (χ3n) is 5.12. The van der Waals surface area contributed by atoms with Gasteiger partial charge in [0.2, 0.25) is 0 Å². The van der Waals surface area contributed by atoms with Crippen molar-refractivity contribution < 1.29 is 4.74 Å². The first-order valence-corrected chi connectivity index (χ1v) is 7.85. The molecule has 1 aromatic rings. The Hall–Kier alpha value is -1.06. The second-order valence-corrected chi connectivity index (χ2v) is 6.40. The summed E-state index contributed by atoms with van der Waals surface area (Å²) in [4.78, 5) is 2.60. The highest BCUT2D eigenvalue weighted by Crippen LogP contribution is 2.37. The van der Waals surface area contributed by atoms with Crippen LogP contribution in [0.25, 0.3) is 0 Å². The lowest BCUT2D eigenvalue weighted by Crippen LogP contribution is -2.49. The fourth-order valence-corrected chi connectivity index (χ4v) is 3.67. The molecule has 3 unspecified atom stereocenters. The van der Waals surface area contributed by atoms with Gasteiger partial charge in [0.25, 0.3) is 0 Å². The number of piperidine rings is 1. The largest absolute Gasteiger partial charge is 0.497 e. The van der Waals surface area contributed by atoms with Gasteiger partial charge >= 0.3 is 0 Å². The van der Waals surface area contributed by atoms with E-state index in [0.29, 0.717) is 18.0 Å². The summed E-state index contributed by atoms with van der Waals surface area (Å²) < 4.78 is 5.41. The monoisotopic (exact) mass is 274 g/mol. The van der Waals surface area contributed by atoms with Crippen LogP contribution < -0.4 is 10.5 Å². The van der Waals surface area contributed by atoms with Crippen LogP contribution in [-0.4, -0.2) is 31.1 Å². The van der Waals surface area contributed by atoms with E-state index in [9.17, 15) is 0 Å². The third-order valence-corrected chi connectivity index (χ3v) is 5.12. The minimum atomic E-state index is 0.319. The van der Waals surface area contributed by atoms with E-state index < -0.39 is 0 Å². The molecule has 0 saturated carbocycles. The van der Waals surface area contributed by atoms with Crippen LogP contribution >= 0.6 is 0 Å². The Morgan fingerprint density at radius 3 is 2.90 bits per heavy atom. The molecule has 0 radical (unpaired) electrons. The van der Waals surface area contributed by atoms with Gasteiger partial charge in [-0.15, -0.1) is 0 Å². The maximum Gasteiger partial charge on any atom is 0.119 e. The molecule has 1 heterocycles. The lowest BCUT2D eigenvalue weighted by Gasteiger charge is -2.42. The highest BCUT2D eigenvalue weighted by Gasteiger charge is 2.31. The Balaban J connectivity index is 1.85. The van der Waals surface area contributed by atoms with Crippen molar-refractivity contribution in [2.24, 2.45) is 11.7 Å². The molecule has 1 aliphatic carbocycles. The number of ether oxygens (including phenoxy) is 1. The van der Waals surface area contributed by atoms with Crippen molar-refractivity contribution in [3.63, 3.8) is 0 Å². The number of benzene rings is 1. The van der Waals surface area contributed by atoms with E-state index in [1.165, 1.54) is 43.4 Å². The second kappa shape index (κ2) is 5.74. The van der Waals surface area contributed by atoms with Gasteiger partial charge in [-0.3, -0.25) is 4.90 Å². The van der Waals surface area contributed by atoms with Crippen LogP contribution in [0.15, 0.2) is 18.2 Å². The summed E-state index contributed by atoms with van der Waals surface area (Å²) >= 11 is 0. The molecule has 3 heteroatoms. The first kappa shape index (κ1) is 13.9. The summed E-state index contributed by atoms with van der Waals surface area (Å²) in [6.07, 6.45) is 4.95. The first-order valence-electron chi connectivity index (χ1n) is 7.85. The molecule has 20 heavy (non-hydrogen) atoms. The van der Waals surface area contributed by atoms with E-state index >= 15 is 0 Å². The number of hydrogen-bond donors (Lipinski definition) is 1. The normalized spacial score (nSPS) is 30.9. The van der Waals surface area contributed by atoms with Crippen molar-refractivity contribution >= 4 is 0 Å². The predicted octanol–water partition coefficient (Wildman–Crippen LogP) is 2.74. The first-order chi connectivity index (χ1) is 9.69. The molecule has 1 fully saturated rings. The molecule has 3 nitrogen and oxygen atoms in total. The molecule has 2 N–H and O–H groups in total. The molecule has 0 aromatic heterocycles. The Morgan fingerprint density at radius 2 is 2.15 bits per heavy atom. The SMILES string of the molecule is COc1ccc2c(c1)C(N1CCC(C)C(N)C1)CCC2. The summed E-state index contributed by atoms with van der Waals surface area (Å²) in [5.74, 6) is 1.63. The second-order valence-electron chi connectivity index (χ2n) is 6.40. The fourth-order valence-electron chi connectivity index (χ4n) is 3.67. The fraction of sp³-hybridized carbons (Fsp3) is 0.647. The van der Waals surface area contributed by atoms with Gasteiger partial charge in [-0.2, -0.15) is 0 Å². The summed E-state index contributed by atoms with van der Waals surface area (Å²) in [5.41, 5.74) is 9.25. The van der Waals surface area contributed by atoms with Gasteiger partial charge in [-0.25, -0.2) is 0 Å². The number of rotatable bonds is 2. The van der Waals surface area contributed by atoms with Gasteiger partial charge in [0.1, 0.15) is 5.75 Å². The van der Waals surface area contributed by atoms with Crippen LogP contribution in [0.5, 0.6) is 5.75 Å². The molecule has 3 rings (SSSR count). The molecule has 0 bridgehead atoms. The number of fused-ring (bicyclic) bond motifs is 1. The van der Waals surface area contributed by atoms with Crippen LogP contribution in [0, 0.1) is 5.92 Å². The zero-order valence-electron chi connectivity index (χ0n) is 12.6. The number of methoxy groups -OCH3 is 1. The Kier molecular flexibility index (Phi) is 3.99. The minimum Gasteiger partial charge on any atom is -0.497 e. The highest BCUT2D eigenvalue weighted by molar-refractivity contribution is 5.39. The Morgan fingerprint density at radius 1 is 1.30 bits per heavy atom. The zero-order valence-corrected chi connectivity index (χ0v) is 12.6. The van der Waals surface area contributed by atoms with Gasteiger partial charge in [-0.05, 0) is 61.4 Å². The van der Waals surface area contributed by atoms with Crippen molar-refractivity contribution in [1.82, 2.24) is 4.90 Å². The summed E-state index contributed by atoms with van der Waals surface area (Å²) in [6.45, 7) is 4.48. The molecule has 0 amide bonds. The van der Waals surface area contributed by atoms with E-state index in [1.807, 2.05) is 0 Å². The molecule has 1 aromatic carbocycles. The van der Waals surface area contributed by atoms with Gasteiger partial charge in [0.15, 0.2) is 0 Å². The van der Waals surface area contributed by atoms with E-state index in [1.54, 1.807) is 7.11 Å². The van der Waals surface area contributed by atoms with Crippen LogP contribution in [-0.2, 0) is 6.42 Å². The summed E-state index contributed by atoms with van der Waals surface area (Å²) in [7, 11) is 1.75. The maximum atomic E-state index is 6.29. The number of likely N-dealkylation sites (tertiary alicyclic amines) is 1. The quantitative estimate of drug-likeness (QED) is 0.901. The van der Waals surface area contributed by atoms with E-state index in [2.05, 4.69) is 30.0 Å². The number of nitrogens with two attached hydrogens (primary N) is 1. The molecule has 1 aliphatic heterocycles. The van der Waals surface area contributed by atoms with E-state index in [4.69, 9.17) is 10.5 Å². The van der Waals surface area contributed by atoms with Crippen molar-refractivity contribution in [2.45, 2.75) is 44.7 Å². The van der Waals surface area contributed by atoms with Crippen molar-refractivity contribution in [3.8, 4) is 5.75 Å². The van der Waals surface area contributed by atoms with Gasteiger partial charge in [0, 0.05) is 18.6 Å². The smallest absolute Gasteiger partial charge is 0.119 e. The van der Waals surface area contributed by atoms with Gasteiger partial charge < -0.3 is 10.5 Å². The van der Waals surface area contributed by atoms with E-state index in [-0.39, 0.29) is 0 Å². The number of nitrogens with zero attached hydrogens (tertiary/aromatic N) is 1. The van der Waals surface area contributed by atoms with E-state index in [0.717, 1.165) is 12.3 Å².